The maximum absolute atomic E-state index is 12.7. The number of nitro groups is 1. The molecule has 0 radical (unpaired) electrons. The topological polar surface area (TPSA) is 114 Å². The quantitative estimate of drug-likeness (QED) is 0.372. The largest absolute Gasteiger partial charge is 0.465 e. The highest BCUT2D eigenvalue weighted by atomic mass is 16.6. The summed E-state index contributed by atoms with van der Waals surface area (Å²) in [6, 6.07) is 4.98. The Morgan fingerprint density at radius 1 is 1.30 bits per heavy atom. The number of hydrogen-bond acceptors (Lipinski definition) is 7. The van der Waals surface area contributed by atoms with E-state index in [1.807, 2.05) is 4.90 Å². The van der Waals surface area contributed by atoms with Crippen molar-refractivity contribution in [3.8, 4) is 0 Å². The number of carbonyl (C=O) groups is 2. The number of guanidine groups is 1. The summed E-state index contributed by atoms with van der Waals surface area (Å²) in [5, 5.41) is 13.6. The van der Waals surface area contributed by atoms with Crippen LogP contribution in [0.2, 0.25) is 0 Å². The van der Waals surface area contributed by atoms with E-state index in [0.29, 0.717) is 11.5 Å². The normalized spacial score (nSPS) is 22.6. The van der Waals surface area contributed by atoms with Gasteiger partial charge in [0.2, 0.25) is 11.9 Å². The average Bonchev–Trinajstić information content (AvgIpc) is 2.68. The Hall–Kier alpha value is -2.97. The van der Waals surface area contributed by atoms with Gasteiger partial charge < -0.3 is 9.64 Å². The zero-order chi connectivity index (χ0) is 19.4. The van der Waals surface area contributed by atoms with Crippen molar-refractivity contribution < 1.29 is 19.2 Å². The second-order valence-corrected chi connectivity index (χ2v) is 6.51. The second kappa shape index (κ2) is 8.15. The number of rotatable bonds is 4. The highest BCUT2D eigenvalue weighted by molar-refractivity contribution is 6.08. The van der Waals surface area contributed by atoms with Crippen LogP contribution in [0.1, 0.15) is 37.8 Å². The molecular weight excluding hydrogens is 352 g/mol. The number of piperidine rings is 1. The van der Waals surface area contributed by atoms with E-state index in [9.17, 15) is 19.7 Å². The summed E-state index contributed by atoms with van der Waals surface area (Å²) in [5.74, 6) is -1.80. The van der Waals surface area contributed by atoms with Crippen molar-refractivity contribution in [2.75, 3.05) is 19.7 Å². The van der Waals surface area contributed by atoms with Crippen LogP contribution in [-0.4, -0.2) is 47.4 Å². The summed E-state index contributed by atoms with van der Waals surface area (Å²) < 4.78 is 5.06. The zero-order valence-corrected chi connectivity index (χ0v) is 15.1. The molecule has 2 aliphatic heterocycles. The number of non-ortho nitro benzene ring substituents is 1. The summed E-state index contributed by atoms with van der Waals surface area (Å²) in [6.45, 7) is 3.40. The van der Waals surface area contributed by atoms with Gasteiger partial charge in [0.05, 0.1) is 11.5 Å². The van der Waals surface area contributed by atoms with Crippen LogP contribution >= 0.6 is 0 Å². The maximum atomic E-state index is 12.7. The summed E-state index contributed by atoms with van der Waals surface area (Å²) in [5.41, 5.74) is 0.495. The minimum atomic E-state index is -1.13. The van der Waals surface area contributed by atoms with Gasteiger partial charge in [-0.25, -0.2) is 4.99 Å². The van der Waals surface area contributed by atoms with Gasteiger partial charge in [-0.05, 0) is 31.7 Å². The van der Waals surface area contributed by atoms with Gasteiger partial charge in [0.25, 0.3) is 5.69 Å². The molecule has 9 heteroatoms. The number of esters is 1. The van der Waals surface area contributed by atoms with Crippen LogP contribution in [0.3, 0.4) is 0 Å². The van der Waals surface area contributed by atoms with Crippen molar-refractivity contribution in [3.63, 3.8) is 0 Å². The summed E-state index contributed by atoms with van der Waals surface area (Å²) in [4.78, 5) is 42.1. The van der Waals surface area contributed by atoms with E-state index in [2.05, 4.69) is 10.3 Å². The third kappa shape index (κ3) is 4.07. The lowest BCUT2D eigenvalue weighted by Crippen LogP contribution is -2.53. The smallest absolute Gasteiger partial charge is 0.321 e. The molecule has 0 aromatic heterocycles. The van der Waals surface area contributed by atoms with Gasteiger partial charge in [-0.1, -0.05) is 12.1 Å². The molecule has 144 valence electrons. The van der Waals surface area contributed by atoms with Crippen molar-refractivity contribution in [3.05, 3.63) is 39.9 Å². The number of nitro benzene ring substituents is 1. The second-order valence-electron chi connectivity index (χ2n) is 6.51. The van der Waals surface area contributed by atoms with Crippen LogP contribution in [0.15, 0.2) is 29.3 Å². The molecule has 0 bridgehead atoms. The summed E-state index contributed by atoms with van der Waals surface area (Å²) in [6.07, 6.45) is 3.16. The molecule has 3 rings (SSSR count). The molecule has 1 aromatic rings. The Morgan fingerprint density at radius 3 is 2.56 bits per heavy atom. The number of hydrogen-bond donors (Lipinski definition) is 1. The maximum Gasteiger partial charge on any atom is 0.321 e. The predicted molar refractivity (Wildman–Crippen MR) is 97.0 cm³/mol. The number of likely N-dealkylation sites (tertiary alicyclic amines) is 1. The lowest BCUT2D eigenvalue weighted by Gasteiger charge is -2.35. The lowest BCUT2D eigenvalue weighted by molar-refractivity contribution is -0.384. The standard InChI is InChI=1S/C18H22N4O5/c1-2-27-17(24)14-15(12-6-8-13(9-7-12)22(25)26)19-18(20-16(14)23)21-10-4-3-5-11-21/h6-9,14-15H,2-5,10-11H2,1H3,(H,19,20,23)/t14-,15-/m0/s1. The molecule has 1 aromatic carbocycles. The monoisotopic (exact) mass is 374 g/mol. The molecule has 1 N–H and O–H groups in total. The number of nitrogens with one attached hydrogen (secondary N) is 1. The molecule has 1 saturated heterocycles. The van der Waals surface area contributed by atoms with E-state index < -0.39 is 28.8 Å². The number of benzene rings is 1. The molecule has 1 amide bonds. The van der Waals surface area contributed by atoms with Gasteiger partial charge in [0.15, 0.2) is 5.92 Å². The van der Waals surface area contributed by atoms with Crippen LogP contribution in [0, 0.1) is 16.0 Å². The van der Waals surface area contributed by atoms with Gasteiger partial charge in [-0.15, -0.1) is 0 Å². The van der Waals surface area contributed by atoms with Crippen molar-refractivity contribution in [2.24, 2.45) is 10.9 Å². The third-order valence-electron chi connectivity index (χ3n) is 4.74. The molecule has 9 nitrogen and oxygen atoms in total. The zero-order valence-electron chi connectivity index (χ0n) is 15.1. The van der Waals surface area contributed by atoms with Crippen LogP contribution in [-0.2, 0) is 14.3 Å². The van der Waals surface area contributed by atoms with E-state index in [-0.39, 0.29) is 12.3 Å². The number of carbonyl (C=O) groups excluding carboxylic acids is 2. The number of amides is 1. The Bertz CT molecular complexity index is 756. The molecule has 0 saturated carbocycles. The summed E-state index contributed by atoms with van der Waals surface area (Å²) >= 11 is 0. The molecule has 1 fully saturated rings. The van der Waals surface area contributed by atoms with Crippen molar-refractivity contribution >= 4 is 23.5 Å². The fourth-order valence-corrected chi connectivity index (χ4v) is 3.36. The van der Waals surface area contributed by atoms with E-state index >= 15 is 0 Å². The van der Waals surface area contributed by atoms with Crippen molar-refractivity contribution in [2.45, 2.75) is 32.2 Å². The van der Waals surface area contributed by atoms with Gasteiger partial charge in [-0.2, -0.15) is 0 Å². The van der Waals surface area contributed by atoms with E-state index in [4.69, 9.17) is 4.74 Å². The van der Waals surface area contributed by atoms with E-state index in [0.717, 1.165) is 32.4 Å². The first-order valence-electron chi connectivity index (χ1n) is 9.06. The van der Waals surface area contributed by atoms with Gasteiger partial charge in [-0.3, -0.25) is 25.0 Å². The molecule has 0 aliphatic carbocycles. The molecule has 2 atom stereocenters. The molecule has 0 spiro atoms. The molecular formula is C18H22N4O5. The Labute approximate surface area is 156 Å². The van der Waals surface area contributed by atoms with E-state index in [1.165, 1.54) is 24.3 Å². The third-order valence-corrected chi connectivity index (χ3v) is 4.74. The predicted octanol–water partition coefficient (Wildman–Crippen LogP) is 1.79. The first-order chi connectivity index (χ1) is 13.0. The van der Waals surface area contributed by atoms with Crippen LogP contribution in [0.4, 0.5) is 5.69 Å². The van der Waals surface area contributed by atoms with Crippen LogP contribution in [0.25, 0.3) is 0 Å². The molecule has 2 aliphatic rings. The van der Waals surface area contributed by atoms with E-state index in [1.54, 1.807) is 6.92 Å². The highest BCUT2D eigenvalue weighted by Crippen LogP contribution is 2.32. The Morgan fingerprint density at radius 2 is 1.96 bits per heavy atom. The molecule has 27 heavy (non-hydrogen) atoms. The Kier molecular flexibility index (Phi) is 5.68. The van der Waals surface area contributed by atoms with Crippen LogP contribution in [0.5, 0.6) is 0 Å². The number of ether oxygens (including phenoxy) is 1. The SMILES string of the molecule is CCOC(=O)[C@@H]1C(=O)NC(N2CCCCC2)=N[C@H]1c1ccc([N+](=O)[O-])cc1. The van der Waals surface area contributed by atoms with Crippen LogP contribution < -0.4 is 5.32 Å². The van der Waals surface area contributed by atoms with Gasteiger partial charge in [0.1, 0.15) is 6.04 Å². The highest BCUT2D eigenvalue weighted by Gasteiger charge is 2.42. The first-order valence-corrected chi connectivity index (χ1v) is 9.06. The van der Waals surface area contributed by atoms with Gasteiger partial charge >= 0.3 is 5.97 Å². The molecule has 0 unspecified atom stereocenters. The number of nitrogens with zero attached hydrogens (tertiary/aromatic N) is 3. The van der Waals surface area contributed by atoms with Crippen molar-refractivity contribution in [1.82, 2.24) is 10.2 Å². The summed E-state index contributed by atoms with van der Waals surface area (Å²) in [7, 11) is 0. The van der Waals surface area contributed by atoms with Crippen molar-refractivity contribution in [1.29, 1.82) is 0 Å². The minimum Gasteiger partial charge on any atom is -0.465 e. The minimum absolute atomic E-state index is 0.0630. The Balaban J connectivity index is 1.96. The fourth-order valence-electron chi connectivity index (χ4n) is 3.36. The average molecular weight is 374 g/mol. The fraction of sp³-hybridized carbons (Fsp3) is 0.500. The first kappa shape index (κ1) is 18.8. The molecule has 2 heterocycles. The van der Waals surface area contributed by atoms with Gasteiger partial charge in [0, 0.05) is 25.2 Å². The lowest BCUT2D eigenvalue weighted by atomic mass is 9.91. The number of aliphatic imine (C=N–C) groups is 1.